The standard InChI is InChI=1S/C17H20FNO2S/c1-13(2)17(20,14-9-5-3-6-10-14)16(18)22(19,21)15-11-7-4-8-12-15/h3-13,16,19-20H,1-2H3/t16?,17-,22+/m0/s1. The van der Waals surface area contributed by atoms with Gasteiger partial charge in [0.05, 0.1) is 4.90 Å². The van der Waals surface area contributed by atoms with Crippen molar-refractivity contribution < 1.29 is 13.7 Å². The Labute approximate surface area is 130 Å². The van der Waals surface area contributed by atoms with Gasteiger partial charge in [0.2, 0.25) is 5.50 Å². The number of hydrogen-bond donors (Lipinski definition) is 2. The van der Waals surface area contributed by atoms with Gasteiger partial charge in [-0.05, 0) is 23.6 Å². The summed E-state index contributed by atoms with van der Waals surface area (Å²) < 4.78 is 35.9. The molecule has 0 spiro atoms. The number of nitrogens with one attached hydrogen (secondary N) is 1. The summed E-state index contributed by atoms with van der Waals surface area (Å²) >= 11 is 0. The van der Waals surface area contributed by atoms with E-state index in [1.165, 1.54) is 12.1 Å². The van der Waals surface area contributed by atoms with Crippen LogP contribution in [-0.2, 0) is 15.3 Å². The van der Waals surface area contributed by atoms with E-state index in [1.807, 2.05) is 0 Å². The maximum Gasteiger partial charge on any atom is 0.219 e. The summed E-state index contributed by atoms with van der Waals surface area (Å²) in [6, 6.07) is 16.1. The molecule has 3 nitrogen and oxygen atoms in total. The van der Waals surface area contributed by atoms with Crippen molar-refractivity contribution in [2.24, 2.45) is 5.92 Å². The number of aliphatic hydroxyl groups is 1. The lowest BCUT2D eigenvalue weighted by Crippen LogP contribution is -2.45. The van der Waals surface area contributed by atoms with Crippen LogP contribution in [0.1, 0.15) is 19.4 Å². The SMILES string of the molecule is CC(C)[C@](O)(c1ccccc1)C(F)[S@](=N)(=O)c1ccccc1. The van der Waals surface area contributed by atoms with Crippen molar-refractivity contribution in [3.8, 4) is 0 Å². The molecule has 0 aliphatic rings. The Bertz CT molecular complexity index is 717. The van der Waals surface area contributed by atoms with Crippen LogP contribution in [0.15, 0.2) is 65.6 Å². The zero-order chi connectivity index (χ0) is 16.4. The number of rotatable bonds is 5. The third-order valence-electron chi connectivity index (χ3n) is 3.85. The molecule has 0 radical (unpaired) electrons. The molecule has 0 heterocycles. The fourth-order valence-corrected chi connectivity index (χ4v) is 4.14. The van der Waals surface area contributed by atoms with Crippen molar-refractivity contribution in [3.05, 3.63) is 66.2 Å². The maximum atomic E-state index is 15.1. The Morgan fingerprint density at radius 3 is 1.95 bits per heavy atom. The summed E-state index contributed by atoms with van der Waals surface area (Å²) in [5, 5.41) is 11.0. The average molecular weight is 321 g/mol. The average Bonchev–Trinajstić information content (AvgIpc) is 2.54. The number of hydrogen-bond acceptors (Lipinski definition) is 3. The third-order valence-corrected chi connectivity index (χ3v) is 5.76. The molecule has 2 rings (SSSR count). The van der Waals surface area contributed by atoms with Crippen molar-refractivity contribution in [3.63, 3.8) is 0 Å². The summed E-state index contributed by atoms with van der Waals surface area (Å²) in [6.45, 7) is 3.31. The minimum absolute atomic E-state index is 0.0810. The molecule has 0 saturated heterocycles. The Balaban J connectivity index is 2.55. The largest absolute Gasteiger partial charge is 0.381 e. The molecule has 0 aliphatic carbocycles. The van der Waals surface area contributed by atoms with E-state index in [0.717, 1.165) is 0 Å². The van der Waals surface area contributed by atoms with E-state index in [4.69, 9.17) is 4.78 Å². The summed E-state index contributed by atoms with van der Waals surface area (Å²) in [7, 11) is -3.81. The molecule has 22 heavy (non-hydrogen) atoms. The fourth-order valence-electron chi connectivity index (χ4n) is 2.43. The van der Waals surface area contributed by atoms with Gasteiger partial charge in [-0.1, -0.05) is 62.4 Å². The zero-order valence-electron chi connectivity index (χ0n) is 12.6. The van der Waals surface area contributed by atoms with E-state index >= 15 is 4.39 Å². The van der Waals surface area contributed by atoms with Gasteiger partial charge in [0, 0.05) is 0 Å². The molecule has 0 bridgehead atoms. The van der Waals surface area contributed by atoms with Gasteiger partial charge in [0.1, 0.15) is 15.3 Å². The Hall–Kier alpha value is -1.72. The minimum atomic E-state index is -3.81. The third kappa shape index (κ3) is 2.78. The van der Waals surface area contributed by atoms with Crippen LogP contribution in [-0.4, -0.2) is 14.8 Å². The molecule has 3 atom stereocenters. The molecule has 0 saturated carbocycles. The van der Waals surface area contributed by atoms with Crippen LogP contribution in [0.2, 0.25) is 0 Å². The molecule has 0 aliphatic heterocycles. The second-order valence-corrected chi connectivity index (χ2v) is 7.66. The van der Waals surface area contributed by atoms with Crippen molar-refractivity contribution in [1.82, 2.24) is 0 Å². The zero-order valence-corrected chi connectivity index (χ0v) is 13.4. The molecular weight excluding hydrogens is 301 g/mol. The van der Waals surface area contributed by atoms with Gasteiger partial charge in [-0.15, -0.1) is 0 Å². The van der Waals surface area contributed by atoms with Crippen molar-refractivity contribution in [1.29, 1.82) is 4.78 Å². The molecule has 2 aromatic carbocycles. The topological polar surface area (TPSA) is 61.1 Å². The molecule has 1 unspecified atom stereocenters. The lowest BCUT2D eigenvalue weighted by Gasteiger charge is -2.36. The molecule has 0 aromatic heterocycles. The molecule has 2 N–H and O–H groups in total. The van der Waals surface area contributed by atoms with Crippen LogP contribution < -0.4 is 0 Å². The van der Waals surface area contributed by atoms with Crippen LogP contribution in [0.4, 0.5) is 4.39 Å². The van der Waals surface area contributed by atoms with Crippen LogP contribution in [0.3, 0.4) is 0 Å². The van der Waals surface area contributed by atoms with Crippen molar-refractivity contribution in [2.45, 2.75) is 29.8 Å². The second-order valence-electron chi connectivity index (χ2n) is 5.58. The van der Waals surface area contributed by atoms with Crippen LogP contribution in [0, 0.1) is 10.7 Å². The Kier molecular flexibility index (Phi) is 4.68. The highest BCUT2D eigenvalue weighted by molar-refractivity contribution is 7.93. The van der Waals surface area contributed by atoms with Crippen LogP contribution in [0.5, 0.6) is 0 Å². The van der Waals surface area contributed by atoms with Gasteiger partial charge >= 0.3 is 0 Å². The first-order chi connectivity index (χ1) is 10.3. The van der Waals surface area contributed by atoms with Crippen LogP contribution in [0.25, 0.3) is 0 Å². The quantitative estimate of drug-likeness (QED) is 0.876. The van der Waals surface area contributed by atoms with Crippen LogP contribution >= 0.6 is 0 Å². The van der Waals surface area contributed by atoms with Gasteiger partial charge in [-0.25, -0.2) is 13.4 Å². The lowest BCUT2D eigenvalue weighted by molar-refractivity contribution is -0.0477. The van der Waals surface area contributed by atoms with Gasteiger partial charge in [-0.3, -0.25) is 0 Å². The lowest BCUT2D eigenvalue weighted by atomic mass is 9.84. The van der Waals surface area contributed by atoms with Gasteiger partial charge in [0.15, 0.2) is 0 Å². The van der Waals surface area contributed by atoms with Gasteiger partial charge < -0.3 is 5.11 Å². The number of benzene rings is 2. The number of halogens is 1. The normalized spacial score (nSPS) is 18.4. The highest BCUT2D eigenvalue weighted by Crippen LogP contribution is 2.39. The highest BCUT2D eigenvalue weighted by Gasteiger charge is 2.47. The molecule has 0 amide bonds. The van der Waals surface area contributed by atoms with E-state index in [2.05, 4.69) is 0 Å². The van der Waals surface area contributed by atoms with Crippen molar-refractivity contribution >= 4 is 9.73 Å². The monoisotopic (exact) mass is 321 g/mol. The predicted molar refractivity (Wildman–Crippen MR) is 85.6 cm³/mol. The van der Waals surface area contributed by atoms with E-state index in [-0.39, 0.29) is 4.90 Å². The molecule has 118 valence electrons. The predicted octanol–water partition coefficient (Wildman–Crippen LogP) is 3.93. The van der Waals surface area contributed by atoms with E-state index in [0.29, 0.717) is 5.56 Å². The first kappa shape index (κ1) is 16.6. The summed E-state index contributed by atoms with van der Waals surface area (Å²) in [5.41, 5.74) is -3.89. The highest BCUT2D eigenvalue weighted by atomic mass is 32.2. The molecular formula is C17H20FNO2S. The Morgan fingerprint density at radius 2 is 1.50 bits per heavy atom. The summed E-state index contributed by atoms with van der Waals surface area (Å²) in [4.78, 5) is 0.0810. The summed E-state index contributed by atoms with van der Waals surface area (Å²) in [6.07, 6.45) is 0. The smallest absolute Gasteiger partial charge is 0.219 e. The van der Waals surface area contributed by atoms with E-state index in [9.17, 15) is 9.32 Å². The van der Waals surface area contributed by atoms with E-state index < -0.39 is 26.8 Å². The van der Waals surface area contributed by atoms with E-state index in [1.54, 1.807) is 62.4 Å². The second kappa shape index (κ2) is 6.18. The molecule has 0 fully saturated rings. The first-order valence-corrected chi connectivity index (χ1v) is 8.68. The Morgan fingerprint density at radius 1 is 1.05 bits per heavy atom. The maximum absolute atomic E-state index is 15.1. The van der Waals surface area contributed by atoms with Crippen molar-refractivity contribution in [2.75, 3.05) is 0 Å². The first-order valence-electron chi connectivity index (χ1n) is 7.06. The molecule has 2 aromatic rings. The fraction of sp³-hybridized carbons (Fsp3) is 0.294. The number of alkyl halides is 1. The summed E-state index contributed by atoms with van der Waals surface area (Å²) in [5.74, 6) is -0.542. The molecule has 5 heteroatoms. The van der Waals surface area contributed by atoms with Gasteiger partial charge in [-0.2, -0.15) is 0 Å². The van der Waals surface area contributed by atoms with Gasteiger partial charge in [0.25, 0.3) is 0 Å². The minimum Gasteiger partial charge on any atom is -0.381 e.